The molecular formula is C10H20N2O. The van der Waals surface area contributed by atoms with Crippen molar-refractivity contribution >= 4 is 0 Å². The van der Waals surface area contributed by atoms with E-state index in [1.807, 2.05) is 6.92 Å². The van der Waals surface area contributed by atoms with Crippen LogP contribution in [0.4, 0.5) is 0 Å². The van der Waals surface area contributed by atoms with E-state index in [1.165, 1.54) is 0 Å². The van der Waals surface area contributed by atoms with Crippen molar-refractivity contribution in [2.45, 2.75) is 39.7 Å². The molecule has 3 nitrogen and oxygen atoms in total. The average Bonchev–Trinajstić information content (AvgIpc) is 2.06. The number of rotatable bonds is 6. The van der Waals surface area contributed by atoms with Gasteiger partial charge in [0.25, 0.3) is 0 Å². The largest absolute Gasteiger partial charge is 0.396 e. The average molecular weight is 184 g/mol. The van der Waals surface area contributed by atoms with Crippen LogP contribution in [0.25, 0.3) is 0 Å². The third-order valence-electron chi connectivity index (χ3n) is 2.18. The molecule has 1 unspecified atom stereocenters. The van der Waals surface area contributed by atoms with Gasteiger partial charge in [0.15, 0.2) is 0 Å². The third-order valence-corrected chi connectivity index (χ3v) is 2.18. The van der Waals surface area contributed by atoms with Crippen LogP contribution < -0.4 is 5.32 Å². The number of nitrogens with one attached hydrogen (secondary N) is 1. The van der Waals surface area contributed by atoms with E-state index in [9.17, 15) is 0 Å². The Balaban J connectivity index is 3.80. The maximum atomic E-state index is 8.79. The van der Waals surface area contributed by atoms with Gasteiger partial charge in [-0.25, -0.2) is 0 Å². The van der Waals surface area contributed by atoms with Crippen molar-refractivity contribution in [1.82, 2.24) is 5.32 Å². The summed E-state index contributed by atoms with van der Waals surface area (Å²) in [6, 6.07) is 2.14. The number of nitriles is 1. The highest BCUT2D eigenvalue weighted by atomic mass is 16.3. The predicted molar refractivity (Wildman–Crippen MR) is 53.2 cm³/mol. The lowest BCUT2D eigenvalue weighted by Crippen LogP contribution is -2.36. The van der Waals surface area contributed by atoms with Gasteiger partial charge in [-0.3, -0.25) is 0 Å². The SMILES string of the molecule is CCC(C#N)NCC(C)(C)CCO. The van der Waals surface area contributed by atoms with Gasteiger partial charge in [-0.2, -0.15) is 5.26 Å². The Morgan fingerprint density at radius 2 is 2.15 bits per heavy atom. The Bertz CT molecular complexity index is 172. The highest BCUT2D eigenvalue weighted by Gasteiger charge is 2.18. The van der Waals surface area contributed by atoms with Gasteiger partial charge in [0.1, 0.15) is 0 Å². The van der Waals surface area contributed by atoms with Crippen LogP contribution in [0, 0.1) is 16.7 Å². The molecule has 2 N–H and O–H groups in total. The minimum atomic E-state index is -0.0574. The minimum Gasteiger partial charge on any atom is -0.396 e. The van der Waals surface area contributed by atoms with Crippen molar-refractivity contribution in [1.29, 1.82) is 5.26 Å². The van der Waals surface area contributed by atoms with Crippen LogP contribution in [0.15, 0.2) is 0 Å². The molecule has 0 aromatic rings. The van der Waals surface area contributed by atoms with Gasteiger partial charge in [-0.1, -0.05) is 20.8 Å². The molecule has 76 valence electrons. The van der Waals surface area contributed by atoms with E-state index in [0.29, 0.717) is 0 Å². The fraction of sp³-hybridized carbons (Fsp3) is 0.900. The molecule has 0 radical (unpaired) electrons. The van der Waals surface area contributed by atoms with Gasteiger partial charge in [-0.05, 0) is 18.3 Å². The zero-order valence-electron chi connectivity index (χ0n) is 8.80. The fourth-order valence-corrected chi connectivity index (χ4v) is 1.07. The number of aliphatic hydroxyl groups excluding tert-OH is 1. The first-order valence-corrected chi connectivity index (χ1v) is 4.79. The molecule has 0 amide bonds. The molecule has 0 aliphatic heterocycles. The van der Waals surface area contributed by atoms with Gasteiger partial charge < -0.3 is 10.4 Å². The van der Waals surface area contributed by atoms with E-state index in [1.54, 1.807) is 0 Å². The third kappa shape index (κ3) is 5.62. The standard InChI is InChI=1S/C10H20N2O/c1-4-9(7-11)12-8-10(2,3)5-6-13/h9,12-13H,4-6,8H2,1-3H3. The highest BCUT2D eigenvalue weighted by Crippen LogP contribution is 2.18. The van der Waals surface area contributed by atoms with Crippen molar-refractivity contribution in [3.63, 3.8) is 0 Å². The Labute approximate surface area is 80.8 Å². The van der Waals surface area contributed by atoms with E-state index in [-0.39, 0.29) is 18.1 Å². The summed E-state index contributed by atoms with van der Waals surface area (Å²) in [6.45, 7) is 7.14. The second-order valence-electron chi connectivity index (χ2n) is 4.11. The number of hydrogen-bond acceptors (Lipinski definition) is 3. The topological polar surface area (TPSA) is 56.0 Å². The van der Waals surface area contributed by atoms with E-state index in [4.69, 9.17) is 10.4 Å². The van der Waals surface area contributed by atoms with Gasteiger partial charge in [-0.15, -0.1) is 0 Å². The van der Waals surface area contributed by atoms with Crippen molar-refractivity contribution < 1.29 is 5.11 Å². The van der Waals surface area contributed by atoms with Crippen LogP contribution in [0.3, 0.4) is 0 Å². The van der Waals surface area contributed by atoms with Crippen LogP contribution >= 0.6 is 0 Å². The lowest BCUT2D eigenvalue weighted by atomic mass is 9.89. The molecule has 0 aliphatic rings. The molecule has 0 fully saturated rings. The summed E-state index contributed by atoms with van der Waals surface area (Å²) in [5.41, 5.74) is 0.0685. The first-order valence-electron chi connectivity index (χ1n) is 4.79. The molecule has 0 saturated carbocycles. The molecule has 0 aromatic carbocycles. The minimum absolute atomic E-state index is 0.0574. The molecule has 0 aliphatic carbocycles. The smallest absolute Gasteiger partial charge is 0.0950 e. The van der Waals surface area contributed by atoms with Crippen LogP contribution in [-0.2, 0) is 0 Å². The quantitative estimate of drug-likeness (QED) is 0.654. The summed E-state index contributed by atoms with van der Waals surface area (Å²) >= 11 is 0. The first kappa shape index (κ1) is 12.4. The summed E-state index contributed by atoms with van der Waals surface area (Å²) in [4.78, 5) is 0. The Hall–Kier alpha value is -0.590. The van der Waals surface area contributed by atoms with Gasteiger partial charge >= 0.3 is 0 Å². The monoisotopic (exact) mass is 184 g/mol. The maximum Gasteiger partial charge on any atom is 0.0950 e. The molecule has 0 bridgehead atoms. The summed E-state index contributed by atoms with van der Waals surface area (Å²) in [5, 5.41) is 20.7. The van der Waals surface area contributed by atoms with Gasteiger partial charge in [0.2, 0.25) is 0 Å². The fourth-order valence-electron chi connectivity index (χ4n) is 1.07. The van der Waals surface area contributed by atoms with Gasteiger partial charge in [0.05, 0.1) is 12.1 Å². The maximum absolute atomic E-state index is 8.79. The second kappa shape index (κ2) is 5.95. The summed E-state index contributed by atoms with van der Waals surface area (Å²) in [7, 11) is 0. The summed E-state index contributed by atoms with van der Waals surface area (Å²) < 4.78 is 0. The number of nitrogens with zero attached hydrogens (tertiary/aromatic N) is 1. The van der Waals surface area contributed by atoms with E-state index in [0.717, 1.165) is 19.4 Å². The molecule has 3 heteroatoms. The summed E-state index contributed by atoms with van der Waals surface area (Å²) in [5.74, 6) is 0. The second-order valence-corrected chi connectivity index (χ2v) is 4.11. The zero-order valence-corrected chi connectivity index (χ0v) is 8.80. The lowest BCUT2D eigenvalue weighted by molar-refractivity contribution is 0.205. The number of aliphatic hydroxyl groups is 1. The summed E-state index contributed by atoms with van der Waals surface area (Å²) in [6.07, 6.45) is 1.59. The van der Waals surface area contributed by atoms with E-state index < -0.39 is 0 Å². The molecule has 0 rings (SSSR count). The zero-order chi connectivity index (χ0) is 10.3. The lowest BCUT2D eigenvalue weighted by Gasteiger charge is -2.25. The molecule has 0 saturated heterocycles. The van der Waals surface area contributed by atoms with Crippen molar-refractivity contribution in [3.05, 3.63) is 0 Å². The molecule has 0 spiro atoms. The van der Waals surface area contributed by atoms with Crippen molar-refractivity contribution in [3.8, 4) is 6.07 Å². The van der Waals surface area contributed by atoms with Crippen molar-refractivity contribution in [2.75, 3.05) is 13.2 Å². The molecule has 0 aromatic heterocycles. The van der Waals surface area contributed by atoms with Gasteiger partial charge in [0, 0.05) is 13.2 Å². The van der Waals surface area contributed by atoms with Crippen LogP contribution in [-0.4, -0.2) is 24.3 Å². The Morgan fingerprint density at radius 3 is 2.54 bits per heavy atom. The van der Waals surface area contributed by atoms with E-state index >= 15 is 0 Å². The Morgan fingerprint density at radius 1 is 1.54 bits per heavy atom. The molecule has 13 heavy (non-hydrogen) atoms. The first-order chi connectivity index (χ1) is 6.05. The normalized spacial score (nSPS) is 13.8. The predicted octanol–water partition coefficient (Wildman–Crippen LogP) is 1.29. The van der Waals surface area contributed by atoms with Crippen LogP contribution in [0.5, 0.6) is 0 Å². The molecule has 0 heterocycles. The Kier molecular flexibility index (Phi) is 5.68. The van der Waals surface area contributed by atoms with E-state index in [2.05, 4.69) is 25.2 Å². The van der Waals surface area contributed by atoms with Crippen LogP contribution in [0.1, 0.15) is 33.6 Å². The molecule has 1 atom stereocenters. The van der Waals surface area contributed by atoms with Crippen molar-refractivity contribution in [2.24, 2.45) is 5.41 Å². The molecular weight excluding hydrogens is 164 g/mol. The highest BCUT2D eigenvalue weighted by molar-refractivity contribution is 4.89. The van der Waals surface area contributed by atoms with Crippen LogP contribution in [0.2, 0.25) is 0 Å². The number of hydrogen-bond donors (Lipinski definition) is 2.